The van der Waals surface area contributed by atoms with Crippen molar-refractivity contribution >= 4 is 27.0 Å². The maximum absolute atomic E-state index is 5.15. The van der Waals surface area contributed by atoms with E-state index >= 15 is 0 Å². The van der Waals surface area contributed by atoms with Crippen LogP contribution in [0.3, 0.4) is 0 Å². The monoisotopic (exact) mass is 540 g/mol. The van der Waals surface area contributed by atoms with Gasteiger partial charge in [-0.25, -0.2) is 4.98 Å². The van der Waals surface area contributed by atoms with Crippen LogP contribution in [0.4, 0.5) is 0 Å². The van der Waals surface area contributed by atoms with Crippen LogP contribution >= 0.6 is 15.9 Å². The number of fused-ring (bicyclic) bond motifs is 4. The van der Waals surface area contributed by atoms with Crippen molar-refractivity contribution < 1.29 is 0 Å². The number of nitrogens with zero attached hydrogens (tertiary/aromatic N) is 2. The molecule has 7 rings (SSSR count). The first-order valence-electron chi connectivity index (χ1n) is 12.6. The van der Waals surface area contributed by atoms with E-state index in [1.54, 1.807) is 0 Å². The summed E-state index contributed by atoms with van der Waals surface area (Å²) < 4.78 is 3.38. The average Bonchev–Trinajstić information content (AvgIpc) is 3.42. The van der Waals surface area contributed by atoms with E-state index in [1.807, 2.05) is 6.07 Å². The fourth-order valence-corrected chi connectivity index (χ4v) is 6.13. The molecule has 0 amide bonds. The topological polar surface area (TPSA) is 17.8 Å². The Balaban J connectivity index is 1.39. The van der Waals surface area contributed by atoms with Crippen molar-refractivity contribution in [1.82, 2.24) is 9.55 Å². The summed E-state index contributed by atoms with van der Waals surface area (Å²) in [4.78, 5) is 5.15. The van der Waals surface area contributed by atoms with E-state index in [-0.39, 0.29) is 5.41 Å². The van der Waals surface area contributed by atoms with E-state index in [1.165, 1.54) is 33.4 Å². The van der Waals surface area contributed by atoms with Gasteiger partial charge in [-0.1, -0.05) is 103 Å². The molecule has 0 atom stereocenters. The molecule has 3 heteroatoms. The molecule has 0 saturated carbocycles. The molecule has 0 bridgehead atoms. The van der Waals surface area contributed by atoms with Crippen LogP contribution in [0.25, 0.3) is 50.4 Å². The highest BCUT2D eigenvalue weighted by Gasteiger charge is 2.35. The lowest BCUT2D eigenvalue weighted by Gasteiger charge is -2.22. The van der Waals surface area contributed by atoms with Gasteiger partial charge in [0.05, 0.1) is 11.0 Å². The van der Waals surface area contributed by atoms with Crippen LogP contribution in [0.5, 0.6) is 0 Å². The van der Waals surface area contributed by atoms with E-state index in [0.717, 1.165) is 32.6 Å². The largest absolute Gasteiger partial charge is 0.292 e. The molecule has 2 nitrogen and oxygen atoms in total. The SMILES string of the molecule is CC1(C)c2cc(Br)ccc2-c2ccc(-c3ccc4c(c3)nc(-c3ccccc3)n4-c3ccccc3)cc21. The van der Waals surface area contributed by atoms with Gasteiger partial charge in [0.2, 0.25) is 0 Å². The molecule has 0 radical (unpaired) electrons. The van der Waals surface area contributed by atoms with Gasteiger partial charge in [0.15, 0.2) is 0 Å². The minimum absolute atomic E-state index is 0.0517. The van der Waals surface area contributed by atoms with Crippen LogP contribution in [0.1, 0.15) is 25.0 Å². The lowest BCUT2D eigenvalue weighted by Crippen LogP contribution is -2.15. The fourth-order valence-electron chi connectivity index (χ4n) is 5.77. The maximum atomic E-state index is 5.15. The van der Waals surface area contributed by atoms with E-state index in [0.29, 0.717) is 0 Å². The molecule has 0 spiro atoms. The Hall–Kier alpha value is -3.95. The van der Waals surface area contributed by atoms with Gasteiger partial charge in [0, 0.05) is 21.1 Å². The summed E-state index contributed by atoms with van der Waals surface area (Å²) in [6.07, 6.45) is 0. The molecule has 1 aliphatic rings. The number of hydrogen-bond donors (Lipinski definition) is 0. The zero-order chi connectivity index (χ0) is 25.1. The lowest BCUT2D eigenvalue weighted by molar-refractivity contribution is 0.660. The average molecular weight is 541 g/mol. The van der Waals surface area contributed by atoms with Gasteiger partial charge in [-0.15, -0.1) is 0 Å². The first kappa shape index (κ1) is 22.3. The smallest absolute Gasteiger partial charge is 0.145 e. The Labute approximate surface area is 225 Å². The van der Waals surface area contributed by atoms with Gasteiger partial charge in [-0.05, 0) is 75.8 Å². The summed E-state index contributed by atoms with van der Waals surface area (Å²) in [6, 6.07) is 41.1. The second-order valence-corrected chi connectivity index (χ2v) is 11.2. The molecule has 6 aromatic rings. The molecule has 0 N–H and O–H groups in total. The number of para-hydroxylation sites is 1. The minimum Gasteiger partial charge on any atom is -0.292 e. The van der Waals surface area contributed by atoms with Crippen LogP contribution in [0.15, 0.2) is 120 Å². The summed E-state index contributed by atoms with van der Waals surface area (Å²) in [7, 11) is 0. The van der Waals surface area contributed by atoms with Crippen molar-refractivity contribution in [2.75, 3.05) is 0 Å². The van der Waals surface area contributed by atoms with Crippen molar-refractivity contribution in [3.05, 3.63) is 131 Å². The molecule has 178 valence electrons. The molecule has 0 saturated heterocycles. The molecule has 0 fully saturated rings. The van der Waals surface area contributed by atoms with E-state index in [9.17, 15) is 0 Å². The van der Waals surface area contributed by atoms with E-state index in [4.69, 9.17) is 4.98 Å². The maximum Gasteiger partial charge on any atom is 0.145 e. The molecule has 1 heterocycles. The highest BCUT2D eigenvalue weighted by Crippen LogP contribution is 2.50. The second-order valence-electron chi connectivity index (χ2n) is 10.3. The van der Waals surface area contributed by atoms with Gasteiger partial charge >= 0.3 is 0 Å². The Bertz CT molecular complexity index is 1800. The molecular formula is C34H25BrN2. The Morgan fingerprint density at radius 2 is 1.24 bits per heavy atom. The molecule has 37 heavy (non-hydrogen) atoms. The van der Waals surface area contributed by atoms with Gasteiger partial charge in [-0.3, -0.25) is 4.57 Å². The van der Waals surface area contributed by atoms with Crippen LogP contribution in [-0.4, -0.2) is 9.55 Å². The summed E-state index contributed by atoms with van der Waals surface area (Å²) in [6.45, 7) is 4.65. The van der Waals surface area contributed by atoms with E-state index in [2.05, 4.69) is 144 Å². The normalized spacial score (nSPS) is 13.5. The number of rotatable bonds is 3. The van der Waals surface area contributed by atoms with Crippen molar-refractivity contribution in [3.8, 4) is 39.3 Å². The van der Waals surface area contributed by atoms with Crippen LogP contribution in [0, 0.1) is 0 Å². The third-order valence-corrected chi connectivity index (χ3v) is 8.17. The Morgan fingerprint density at radius 1 is 0.622 bits per heavy atom. The first-order chi connectivity index (χ1) is 18.0. The zero-order valence-electron chi connectivity index (χ0n) is 20.7. The molecule has 5 aromatic carbocycles. The van der Waals surface area contributed by atoms with Crippen molar-refractivity contribution in [2.45, 2.75) is 19.3 Å². The number of halogens is 1. The number of imidazole rings is 1. The Morgan fingerprint density at radius 3 is 2.00 bits per heavy atom. The van der Waals surface area contributed by atoms with E-state index < -0.39 is 0 Å². The highest BCUT2D eigenvalue weighted by atomic mass is 79.9. The van der Waals surface area contributed by atoms with Gasteiger partial charge in [-0.2, -0.15) is 0 Å². The predicted molar refractivity (Wildman–Crippen MR) is 157 cm³/mol. The third kappa shape index (κ3) is 3.49. The van der Waals surface area contributed by atoms with Crippen LogP contribution in [-0.2, 0) is 5.41 Å². The molecular weight excluding hydrogens is 516 g/mol. The highest BCUT2D eigenvalue weighted by molar-refractivity contribution is 9.10. The van der Waals surface area contributed by atoms with Crippen LogP contribution in [0.2, 0.25) is 0 Å². The molecule has 0 aliphatic heterocycles. The number of hydrogen-bond acceptors (Lipinski definition) is 1. The summed E-state index contributed by atoms with van der Waals surface area (Å²) in [5.74, 6) is 0.954. The number of aromatic nitrogens is 2. The standard InChI is InChI=1S/C34H25BrN2/c1-34(2)29-19-23(13-16-27(29)28-17-15-25(35)21-30(28)34)24-14-18-32-31(20-24)36-33(22-9-5-3-6-10-22)37(32)26-11-7-4-8-12-26/h3-21H,1-2H3. The summed E-state index contributed by atoms with van der Waals surface area (Å²) in [5, 5.41) is 0. The summed E-state index contributed by atoms with van der Waals surface area (Å²) >= 11 is 3.67. The van der Waals surface area contributed by atoms with Gasteiger partial charge in [0.1, 0.15) is 5.82 Å². The first-order valence-corrected chi connectivity index (χ1v) is 13.4. The zero-order valence-corrected chi connectivity index (χ0v) is 22.3. The molecule has 1 aliphatic carbocycles. The Kier molecular flexibility index (Phi) is 4.99. The third-order valence-electron chi connectivity index (χ3n) is 7.67. The fraction of sp³-hybridized carbons (Fsp3) is 0.0882. The minimum atomic E-state index is -0.0517. The van der Waals surface area contributed by atoms with Crippen molar-refractivity contribution in [2.24, 2.45) is 0 Å². The van der Waals surface area contributed by atoms with Gasteiger partial charge < -0.3 is 0 Å². The predicted octanol–water partition coefficient (Wildman–Crippen LogP) is 9.43. The van der Waals surface area contributed by atoms with Crippen molar-refractivity contribution in [3.63, 3.8) is 0 Å². The summed E-state index contributed by atoms with van der Waals surface area (Å²) in [5.41, 5.74) is 12.1. The van der Waals surface area contributed by atoms with Crippen LogP contribution < -0.4 is 0 Å². The van der Waals surface area contributed by atoms with Gasteiger partial charge in [0.25, 0.3) is 0 Å². The molecule has 0 unspecified atom stereocenters. The quantitative estimate of drug-likeness (QED) is 0.218. The molecule has 1 aromatic heterocycles. The number of benzene rings is 5. The lowest BCUT2D eigenvalue weighted by atomic mass is 9.81. The van der Waals surface area contributed by atoms with Crippen molar-refractivity contribution in [1.29, 1.82) is 0 Å². The second kappa shape index (κ2) is 8.29.